The van der Waals surface area contributed by atoms with Crippen molar-refractivity contribution in [2.24, 2.45) is 0 Å². The van der Waals surface area contributed by atoms with E-state index >= 15 is 0 Å². The molecule has 0 aliphatic rings. The Morgan fingerprint density at radius 1 is 1.54 bits per heavy atom. The number of aryl methyl sites for hydroxylation is 1. The number of benzene rings is 1. The number of hydroxylamine groups is 1. The van der Waals surface area contributed by atoms with Crippen LogP contribution < -0.4 is 11.2 Å². The Morgan fingerprint density at radius 2 is 2.23 bits per heavy atom. The summed E-state index contributed by atoms with van der Waals surface area (Å²) in [5.41, 5.74) is 9.70. The van der Waals surface area contributed by atoms with E-state index in [1.54, 1.807) is 12.1 Å². The highest BCUT2D eigenvalue weighted by molar-refractivity contribution is 5.99. The van der Waals surface area contributed by atoms with Crippen LogP contribution in [0, 0.1) is 6.92 Å². The van der Waals surface area contributed by atoms with Gasteiger partial charge in [-0.1, -0.05) is 12.1 Å². The Bertz CT molecular complexity index is 323. The molecular formula is C9H12N2O2. The lowest BCUT2D eigenvalue weighted by molar-refractivity contribution is 0.0538. The van der Waals surface area contributed by atoms with Crippen LogP contribution in [0.25, 0.3) is 0 Å². The number of amides is 1. The van der Waals surface area contributed by atoms with Gasteiger partial charge in [0.1, 0.15) is 0 Å². The first-order valence-electron chi connectivity index (χ1n) is 3.85. The van der Waals surface area contributed by atoms with E-state index in [0.29, 0.717) is 11.3 Å². The molecule has 0 saturated heterocycles. The van der Waals surface area contributed by atoms with Gasteiger partial charge in [0, 0.05) is 5.69 Å². The van der Waals surface area contributed by atoms with E-state index in [9.17, 15) is 4.79 Å². The minimum absolute atomic E-state index is 0.330. The zero-order valence-corrected chi connectivity index (χ0v) is 7.63. The Balaban J connectivity index is 3.01. The van der Waals surface area contributed by atoms with Gasteiger partial charge in [-0.2, -0.15) is 0 Å². The first-order chi connectivity index (χ1) is 6.16. The van der Waals surface area contributed by atoms with Crippen molar-refractivity contribution in [2.75, 3.05) is 12.8 Å². The van der Waals surface area contributed by atoms with Crippen molar-refractivity contribution in [2.45, 2.75) is 6.92 Å². The van der Waals surface area contributed by atoms with E-state index in [4.69, 9.17) is 5.73 Å². The van der Waals surface area contributed by atoms with Crippen molar-refractivity contribution in [3.63, 3.8) is 0 Å². The van der Waals surface area contributed by atoms with Crippen LogP contribution in [0.4, 0.5) is 5.69 Å². The molecule has 4 nitrogen and oxygen atoms in total. The van der Waals surface area contributed by atoms with Gasteiger partial charge >= 0.3 is 0 Å². The van der Waals surface area contributed by atoms with Gasteiger partial charge in [-0.3, -0.25) is 9.63 Å². The number of para-hydroxylation sites is 1. The molecule has 0 spiro atoms. The van der Waals surface area contributed by atoms with Crippen LogP contribution in [0.5, 0.6) is 0 Å². The molecule has 0 heterocycles. The summed E-state index contributed by atoms with van der Waals surface area (Å²) in [6.07, 6.45) is 0. The molecule has 1 aromatic rings. The van der Waals surface area contributed by atoms with Gasteiger partial charge in [0.15, 0.2) is 0 Å². The number of nitrogen functional groups attached to an aromatic ring is 1. The molecule has 0 aliphatic heterocycles. The van der Waals surface area contributed by atoms with Crippen LogP contribution in [-0.4, -0.2) is 13.0 Å². The normalized spacial score (nSPS) is 9.69. The molecule has 0 fully saturated rings. The molecule has 13 heavy (non-hydrogen) atoms. The molecule has 4 heteroatoms. The highest BCUT2D eigenvalue weighted by Gasteiger charge is 2.09. The number of nitrogens with one attached hydrogen (secondary N) is 1. The van der Waals surface area contributed by atoms with Crippen molar-refractivity contribution in [3.8, 4) is 0 Å². The van der Waals surface area contributed by atoms with Crippen molar-refractivity contribution in [1.29, 1.82) is 0 Å². The number of anilines is 1. The Kier molecular flexibility index (Phi) is 2.87. The fourth-order valence-corrected chi connectivity index (χ4v) is 1.03. The number of carbonyl (C=O) groups is 1. The van der Waals surface area contributed by atoms with Crippen molar-refractivity contribution < 1.29 is 9.63 Å². The number of carbonyl (C=O) groups excluding carboxylic acids is 1. The maximum atomic E-state index is 11.3. The minimum Gasteiger partial charge on any atom is -0.398 e. The minimum atomic E-state index is -0.330. The van der Waals surface area contributed by atoms with Gasteiger partial charge in [0.05, 0.1) is 12.7 Å². The summed E-state index contributed by atoms with van der Waals surface area (Å²) < 4.78 is 0. The number of hydrogen-bond acceptors (Lipinski definition) is 3. The van der Waals surface area contributed by atoms with Crippen LogP contribution in [0.3, 0.4) is 0 Å². The summed E-state index contributed by atoms with van der Waals surface area (Å²) in [6.45, 7) is 1.85. The van der Waals surface area contributed by atoms with Crippen molar-refractivity contribution in [3.05, 3.63) is 29.3 Å². The summed E-state index contributed by atoms with van der Waals surface area (Å²) in [5, 5.41) is 0. The van der Waals surface area contributed by atoms with Gasteiger partial charge < -0.3 is 5.73 Å². The average Bonchev–Trinajstić information content (AvgIpc) is 2.10. The fourth-order valence-electron chi connectivity index (χ4n) is 1.03. The lowest BCUT2D eigenvalue weighted by Gasteiger charge is -2.06. The maximum Gasteiger partial charge on any atom is 0.276 e. The monoisotopic (exact) mass is 180 g/mol. The molecule has 0 aromatic heterocycles. The molecule has 3 N–H and O–H groups in total. The third kappa shape index (κ3) is 1.97. The van der Waals surface area contributed by atoms with Crippen LogP contribution in [-0.2, 0) is 4.84 Å². The van der Waals surface area contributed by atoms with Crippen LogP contribution in [0.15, 0.2) is 18.2 Å². The van der Waals surface area contributed by atoms with E-state index in [0.717, 1.165) is 5.56 Å². The second kappa shape index (κ2) is 3.91. The summed E-state index contributed by atoms with van der Waals surface area (Å²) in [4.78, 5) is 15.8. The van der Waals surface area contributed by atoms with Gasteiger partial charge in [-0.15, -0.1) is 0 Å². The Hall–Kier alpha value is -1.55. The molecule has 0 radical (unpaired) electrons. The fraction of sp³-hybridized carbons (Fsp3) is 0.222. The standard InChI is InChI=1S/C9H12N2O2/c1-6-4-3-5-7(8(6)10)9(12)11-13-2/h3-5H,10H2,1-2H3,(H,11,12). The molecule has 1 aromatic carbocycles. The molecular weight excluding hydrogens is 168 g/mol. The molecule has 0 saturated carbocycles. The molecule has 0 aliphatic carbocycles. The summed E-state index contributed by atoms with van der Waals surface area (Å²) in [6, 6.07) is 5.27. The lowest BCUT2D eigenvalue weighted by atomic mass is 10.1. The smallest absolute Gasteiger partial charge is 0.276 e. The predicted molar refractivity (Wildman–Crippen MR) is 50.1 cm³/mol. The number of nitrogens with two attached hydrogens (primary N) is 1. The zero-order chi connectivity index (χ0) is 9.84. The van der Waals surface area contributed by atoms with E-state index < -0.39 is 0 Å². The topological polar surface area (TPSA) is 64.3 Å². The highest BCUT2D eigenvalue weighted by atomic mass is 16.6. The summed E-state index contributed by atoms with van der Waals surface area (Å²) >= 11 is 0. The van der Waals surface area contributed by atoms with Crippen molar-refractivity contribution in [1.82, 2.24) is 5.48 Å². The second-order valence-corrected chi connectivity index (χ2v) is 2.67. The van der Waals surface area contributed by atoms with E-state index in [1.165, 1.54) is 7.11 Å². The maximum absolute atomic E-state index is 11.3. The van der Waals surface area contributed by atoms with Crippen molar-refractivity contribution >= 4 is 11.6 Å². The van der Waals surface area contributed by atoms with E-state index in [1.807, 2.05) is 13.0 Å². The molecule has 0 bridgehead atoms. The van der Waals surface area contributed by atoms with E-state index in [-0.39, 0.29) is 5.91 Å². The summed E-state index contributed by atoms with van der Waals surface area (Å²) in [5.74, 6) is -0.330. The zero-order valence-electron chi connectivity index (χ0n) is 7.63. The highest BCUT2D eigenvalue weighted by Crippen LogP contribution is 2.15. The largest absolute Gasteiger partial charge is 0.398 e. The second-order valence-electron chi connectivity index (χ2n) is 2.67. The summed E-state index contributed by atoms with van der Waals surface area (Å²) in [7, 11) is 1.38. The molecule has 0 atom stereocenters. The van der Waals surface area contributed by atoms with Gasteiger partial charge in [-0.05, 0) is 18.6 Å². The third-order valence-corrected chi connectivity index (χ3v) is 1.76. The lowest BCUT2D eigenvalue weighted by Crippen LogP contribution is -2.23. The quantitative estimate of drug-likeness (QED) is 0.524. The van der Waals surface area contributed by atoms with Gasteiger partial charge in [0.25, 0.3) is 5.91 Å². The van der Waals surface area contributed by atoms with Crippen LogP contribution >= 0.6 is 0 Å². The van der Waals surface area contributed by atoms with Crippen LogP contribution in [0.2, 0.25) is 0 Å². The molecule has 0 unspecified atom stereocenters. The SMILES string of the molecule is CONC(=O)c1cccc(C)c1N. The van der Waals surface area contributed by atoms with Crippen LogP contribution in [0.1, 0.15) is 15.9 Å². The molecule has 1 amide bonds. The number of hydrogen-bond donors (Lipinski definition) is 2. The van der Waals surface area contributed by atoms with Gasteiger partial charge in [-0.25, -0.2) is 5.48 Å². The Morgan fingerprint density at radius 3 is 2.85 bits per heavy atom. The first kappa shape index (κ1) is 9.54. The first-order valence-corrected chi connectivity index (χ1v) is 3.85. The number of rotatable bonds is 2. The third-order valence-electron chi connectivity index (χ3n) is 1.76. The van der Waals surface area contributed by atoms with E-state index in [2.05, 4.69) is 10.3 Å². The van der Waals surface area contributed by atoms with Gasteiger partial charge in [0.2, 0.25) is 0 Å². The molecule has 70 valence electrons. The predicted octanol–water partition coefficient (Wildman–Crippen LogP) is 0.868. The molecule has 1 rings (SSSR count). The average molecular weight is 180 g/mol. The Labute approximate surface area is 76.6 Å².